The highest BCUT2D eigenvalue weighted by Crippen LogP contribution is 2.41. The van der Waals surface area contributed by atoms with Crippen molar-refractivity contribution in [1.82, 2.24) is 5.32 Å². The average Bonchev–Trinajstić information content (AvgIpc) is 3.17. The molecular weight excluding hydrogens is 407 g/mol. The first kappa shape index (κ1) is 21.6. The smallest absolute Gasteiger partial charge is 0.228 e. The Labute approximate surface area is 186 Å². The molecule has 1 fully saturated rings. The summed E-state index contributed by atoms with van der Waals surface area (Å²) in [7, 11) is 1.59. The van der Waals surface area contributed by atoms with Crippen molar-refractivity contribution in [1.29, 1.82) is 0 Å². The van der Waals surface area contributed by atoms with Gasteiger partial charge in [-0.2, -0.15) is 0 Å². The number of nitrogens with zero attached hydrogens (tertiary/aromatic N) is 1. The number of hydrogen-bond acceptors (Lipinski definition) is 3. The first-order chi connectivity index (χ1) is 15.6. The molecule has 0 radical (unpaired) electrons. The fraction of sp³-hybridized carbons (Fsp3) is 0.231. The predicted octanol–water partition coefficient (Wildman–Crippen LogP) is 4.29. The maximum Gasteiger partial charge on any atom is 0.228 e. The highest BCUT2D eigenvalue weighted by molar-refractivity contribution is 6.01. The molecule has 0 unspecified atom stereocenters. The van der Waals surface area contributed by atoms with Crippen LogP contribution in [0.5, 0.6) is 5.75 Å². The van der Waals surface area contributed by atoms with Crippen molar-refractivity contribution in [2.45, 2.75) is 18.9 Å². The van der Waals surface area contributed by atoms with Crippen LogP contribution in [0.3, 0.4) is 0 Å². The van der Waals surface area contributed by atoms with Crippen molar-refractivity contribution in [2.24, 2.45) is 5.92 Å². The molecular formula is C26H25FN2O3. The minimum atomic E-state index is -0.559. The molecule has 2 atom stereocenters. The largest absolute Gasteiger partial charge is 0.497 e. The van der Waals surface area contributed by atoms with E-state index in [1.165, 1.54) is 12.1 Å². The number of halogens is 1. The summed E-state index contributed by atoms with van der Waals surface area (Å²) in [6.45, 7) is 0.486. The zero-order valence-corrected chi connectivity index (χ0v) is 17.8. The molecule has 1 aliphatic heterocycles. The number of hydrogen-bond donors (Lipinski definition) is 1. The Morgan fingerprint density at radius 2 is 1.72 bits per heavy atom. The topological polar surface area (TPSA) is 58.6 Å². The van der Waals surface area contributed by atoms with Crippen LogP contribution in [0.25, 0.3) is 0 Å². The molecule has 0 aliphatic carbocycles. The molecule has 1 aliphatic rings. The predicted molar refractivity (Wildman–Crippen MR) is 121 cm³/mol. The number of ether oxygens (including phenoxy) is 1. The molecule has 0 saturated carbocycles. The summed E-state index contributed by atoms with van der Waals surface area (Å²) in [5.74, 6) is -0.580. The molecule has 1 N–H and O–H groups in total. The van der Waals surface area contributed by atoms with Gasteiger partial charge in [0.15, 0.2) is 0 Å². The standard InChI is InChI=1S/C26H25FN2O3/c1-32-22-13-7-19(8-14-22)25-23(26(31)28-16-15-18-5-3-2-4-6-18)17-24(30)29(25)21-11-9-20(27)10-12-21/h2-14,23,25H,15-17H2,1H3,(H,28,31)/t23-,25+/m0/s1. The van der Waals surface area contributed by atoms with Gasteiger partial charge in [-0.15, -0.1) is 0 Å². The van der Waals surface area contributed by atoms with Crippen molar-refractivity contribution < 1.29 is 18.7 Å². The number of nitrogens with one attached hydrogen (secondary N) is 1. The summed E-state index contributed by atoms with van der Waals surface area (Å²) in [5.41, 5.74) is 2.52. The Hall–Kier alpha value is -3.67. The quantitative estimate of drug-likeness (QED) is 0.606. The van der Waals surface area contributed by atoms with E-state index < -0.39 is 12.0 Å². The Bertz CT molecular complexity index is 1070. The van der Waals surface area contributed by atoms with Gasteiger partial charge in [0.05, 0.1) is 19.1 Å². The number of rotatable bonds is 7. The molecule has 1 saturated heterocycles. The lowest BCUT2D eigenvalue weighted by Crippen LogP contribution is -2.36. The van der Waals surface area contributed by atoms with Gasteiger partial charge in [-0.25, -0.2) is 4.39 Å². The van der Waals surface area contributed by atoms with Crippen molar-refractivity contribution in [2.75, 3.05) is 18.6 Å². The maximum atomic E-state index is 13.5. The lowest BCUT2D eigenvalue weighted by atomic mass is 9.92. The van der Waals surface area contributed by atoms with Crippen LogP contribution < -0.4 is 15.0 Å². The number of carbonyl (C=O) groups excluding carboxylic acids is 2. The van der Waals surface area contributed by atoms with Gasteiger partial charge < -0.3 is 15.0 Å². The molecule has 0 spiro atoms. The zero-order chi connectivity index (χ0) is 22.5. The van der Waals surface area contributed by atoms with Gasteiger partial charge in [-0.3, -0.25) is 9.59 Å². The van der Waals surface area contributed by atoms with E-state index in [9.17, 15) is 14.0 Å². The second kappa shape index (κ2) is 9.64. The number of carbonyl (C=O) groups is 2. The van der Waals surface area contributed by atoms with Crippen molar-refractivity contribution >= 4 is 17.5 Å². The average molecular weight is 432 g/mol. The number of anilines is 1. The SMILES string of the molecule is COc1ccc([C@@H]2[C@@H](C(=O)NCCc3ccccc3)CC(=O)N2c2ccc(F)cc2)cc1. The van der Waals surface area contributed by atoms with Crippen LogP contribution in [0.1, 0.15) is 23.6 Å². The van der Waals surface area contributed by atoms with Crippen molar-refractivity contribution in [3.8, 4) is 5.75 Å². The third-order valence-corrected chi connectivity index (χ3v) is 5.78. The lowest BCUT2D eigenvalue weighted by molar-refractivity contribution is -0.126. The lowest BCUT2D eigenvalue weighted by Gasteiger charge is -2.28. The summed E-state index contributed by atoms with van der Waals surface area (Å²) < 4.78 is 18.7. The minimum Gasteiger partial charge on any atom is -0.497 e. The van der Waals surface area contributed by atoms with Gasteiger partial charge >= 0.3 is 0 Å². The highest BCUT2D eigenvalue weighted by Gasteiger charge is 2.45. The first-order valence-corrected chi connectivity index (χ1v) is 10.6. The molecule has 164 valence electrons. The van der Waals surface area contributed by atoms with Crippen molar-refractivity contribution in [3.05, 3.63) is 95.8 Å². The Balaban J connectivity index is 1.58. The normalized spacial score (nSPS) is 17.9. The Morgan fingerprint density at radius 1 is 1.03 bits per heavy atom. The van der Waals surface area contributed by atoms with Crippen LogP contribution >= 0.6 is 0 Å². The van der Waals surface area contributed by atoms with E-state index in [1.54, 1.807) is 24.1 Å². The molecule has 2 amide bonds. The summed E-state index contributed by atoms with van der Waals surface area (Å²) in [6, 6.07) is 22.6. The molecule has 32 heavy (non-hydrogen) atoms. The summed E-state index contributed by atoms with van der Waals surface area (Å²) >= 11 is 0. The molecule has 0 aromatic heterocycles. The van der Waals surface area contributed by atoms with Gasteiger partial charge in [-0.1, -0.05) is 42.5 Å². The van der Waals surface area contributed by atoms with Gasteiger partial charge in [0, 0.05) is 18.7 Å². The Kier molecular flexibility index (Phi) is 6.50. The van der Waals surface area contributed by atoms with Crippen molar-refractivity contribution in [3.63, 3.8) is 0 Å². The van der Waals surface area contributed by atoms with Gasteiger partial charge in [0.1, 0.15) is 11.6 Å². The molecule has 1 heterocycles. The second-order valence-electron chi connectivity index (χ2n) is 7.80. The van der Waals surface area contributed by atoms with E-state index in [4.69, 9.17) is 4.74 Å². The van der Waals surface area contributed by atoms with E-state index in [0.29, 0.717) is 24.4 Å². The van der Waals surface area contributed by atoms with E-state index in [2.05, 4.69) is 5.32 Å². The van der Waals surface area contributed by atoms with E-state index >= 15 is 0 Å². The number of methoxy groups -OCH3 is 1. The summed E-state index contributed by atoms with van der Waals surface area (Å²) in [4.78, 5) is 27.7. The Morgan fingerprint density at radius 3 is 2.38 bits per heavy atom. The third kappa shape index (κ3) is 4.64. The third-order valence-electron chi connectivity index (χ3n) is 5.78. The van der Waals surface area contributed by atoms with Crippen LogP contribution in [0, 0.1) is 11.7 Å². The van der Waals surface area contributed by atoms with E-state index in [1.807, 2.05) is 54.6 Å². The fourth-order valence-corrected chi connectivity index (χ4v) is 4.16. The molecule has 3 aromatic carbocycles. The van der Waals surface area contributed by atoms with Crippen LogP contribution in [0.2, 0.25) is 0 Å². The zero-order valence-electron chi connectivity index (χ0n) is 17.8. The minimum absolute atomic E-state index is 0.0885. The first-order valence-electron chi connectivity index (χ1n) is 10.6. The molecule has 6 heteroatoms. The summed E-state index contributed by atoms with van der Waals surface area (Å²) in [6.07, 6.45) is 0.799. The summed E-state index contributed by atoms with van der Waals surface area (Å²) in [5, 5.41) is 2.99. The number of benzene rings is 3. The van der Waals surface area contributed by atoms with Gasteiger partial charge in [0.25, 0.3) is 0 Å². The highest BCUT2D eigenvalue weighted by atomic mass is 19.1. The van der Waals surface area contributed by atoms with Crippen LogP contribution in [0.15, 0.2) is 78.9 Å². The molecule has 3 aromatic rings. The van der Waals surface area contributed by atoms with Crippen LogP contribution in [-0.4, -0.2) is 25.5 Å². The van der Waals surface area contributed by atoms with E-state index in [-0.39, 0.29) is 24.1 Å². The maximum absolute atomic E-state index is 13.5. The number of amides is 2. The molecule has 5 nitrogen and oxygen atoms in total. The fourth-order valence-electron chi connectivity index (χ4n) is 4.16. The van der Waals surface area contributed by atoms with Crippen LogP contribution in [-0.2, 0) is 16.0 Å². The van der Waals surface area contributed by atoms with Crippen LogP contribution in [0.4, 0.5) is 10.1 Å². The van der Waals surface area contributed by atoms with Gasteiger partial charge in [-0.05, 0) is 53.9 Å². The second-order valence-corrected chi connectivity index (χ2v) is 7.80. The van der Waals surface area contributed by atoms with E-state index in [0.717, 1.165) is 11.1 Å². The monoisotopic (exact) mass is 432 g/mol. The van der Waals surface area contributed by atoms with Gasteiger partial charge in [0.2, 0.25) is 11.8 Å². The molecule has 4 rings (SSSR count). The molecule has 0 bridgehead atoms.